The Labute approximate surface area is 171 Å². The maximum absolute atomic E-state index is 5.96. The van der Waals surface area contributed by atoms with Gasteiger partial charge in [0.2, 0.25) is 0 Å². The standard InChI is InChI=1S/C22H20BN5O/c1-3-5-6-18(4-2)29-19-9-7-16(8-10-19)21-20-13-24-15-25-22(20)28(26-21)14-17-11-12-27(17)23/h1,4-10,13,15,17H,11-12,14H2,2H3/b6-5-,18-4+/t17-/m0/s1. The molecule has 0 unspecified atom stereocenters. The molecule has 1 saturated heterocycles. The summed E-state index contributed by atoms with van der Waals surface area (Å²) in [4.78, 5) is 10.5. The normalized spacial score (nSPS) is 17.4. The SMILES string of the molecule is [B]N1CC[C@H]1Cn1nc(-c2ccc(OC(/C=C\C#C)=C/C)cc2)c2cncnc21. The number of rotatable bonds is 6. The lowest BCUT2D eigenvalue weighted by atomic mass is 9.98. The summed E-state index contributed by atoms with van der Waals surface area (Å²) in [5.41, 5.74) is 2.62. The van der Waals surface area contributed by atoms with Crippen LogP contribution in [0.4, 0.5) is 0 Å². The molecule has 0 aliphatic carbocycles. The Kier molecular flexibility index (Phi) is 5.45. The summed E-state index contributed by atoms with van der Waals surface area (Å²) in [5.74, 6) is 3.86. The second-order valence-electron chi connectivity index (χ2n) is 6.79. The van der Waals surface area contributed by atoms with Crippen molar-refractivity contribution in [3.8, 4) is 29.4 Å². The molecule has 1 atom stereocenters. The Morgan fingerprint density at radius 3 is 2.86 bits per heavy atom. The first kappa shape index (κ1) is 19.0. The van der Waals surface area contributed by atoms with Crippen LogP contribution in [0.25, 0.3) is 22.3 Å². The van der Waals surface area contributed by atoms with Crippen molar-refractivity contribution in [2.24, 2.45) is 0 Å². The number of aromatic nitrogens is 4. The monoisotopic (exact) mass is 381 g/mol. The molecule has 7 heteroatoms. The highest BCUT2D eigenvalue weighted by molar-refractivity contribution is 6.05. The summed E-state index contributed by atoms with van der Waals surface area (Å²) in [6.07, 6.45) is 14.9. The van der Waals surface area contributed by atoms with Crippen molar-refractivity contribution in [2.45, 2.75) is 25.9 Å². The summed E-state index contributed by atoms with van der Waals surface area (Å²) in [5, 5.41) is 5.72. The molecule has 3 heterocycles. The summed E-state index contributed by atoms with van der Waals surface area (Å²) < 4.78 is 7.76. The molecule has 1 aliphatic heterocycles. The van der Waals surface area contributed by atoms with E-state index in [-0.39, 0.29) is 6.04 Å². The lowest BCUT2D eigenvalue weighted by Gasteiger charge is -2.38. The molecule has 1 aromatic carbocycles. The summed E-state index contributed by atoms with van der Waals surface area (Å²) in [7, 11) is 5.96. The average molecular weight is 381 g/mol. The van der Waals surface area contributed by atoms with Crippen LogP contribution in [0.1, 0.15) is 13.3 Å². The van der Waals surface area contributed by atoms with E-state index in [0.29, 0.717) is 12.3 Å². The second-order valence-corrected chi connectivity index (χ2v) is 6.79. The molecule has 1 aliphatic rings. The number of fused-ring (bicyclic) bond motifs is 1. The topological polar surface area (TPSA) is 56.1 Å². The van der Waals surface area contributed by atoms with E-state index in [1.54, 1.807) is 24.7 Å². The van der Waals surface area contributed by atoms with Gasteiger partial charge < -0.3 is 9.55 Å². The van der Waals surface area contributed by atoms with Gasteiger partial charge in [0.1, 0.15) is 23.5 Å². The molecule has 0 N–H and O–H groups in total. The zero-order valence-electron chi connectivity index (χ0n) is 16.2. The number of terminal acetylenes is 1. The maximum Gasteiger partial charge on any atom is 0.182 e. The molecular formula is C22H20BN5O. The van der Waals surface area contributed by atoms with Crippen molar-refractivity contribution >= 4 is 19.0 Å². The highest BCUT2D eigenvalue weighted by atomic mass is 16.5. The lowest BCUT2D eigenvalue weighted by molar-refractivity contribution is 0.181. The van der Waals surface area contributed by atoms with Crippen LogP contribution in [0.15, 0.2) is 60.8 Å². The zero-order valence-corrected chi connectivity index (χ0v) is 16.2. The minimum atomic E-state index is 0.284. The molecular weight excluding hydrogens is 361 g/mol. The summed E-state index contributed by atoms with van der Waals surface area (Å²) >= 11 is 0. The van der Waals surface area contributed by atoms with Crippen LogP contribution in [-0.2, 0) is 6.54 Å². The van der Waals surface area contributed by atoms with E-state index in [2.05, 4.69) is 15.9 Å². The maximum atomic E-state index is 5.96. The van der Waals surface area contributed by atoms with Gasteiger partial charge in [-0.05, 0) is 62.4 Å². The molecule has 4 rings (SSSR count). The molecule has 1 fully saturated rings. The molecule has 142 valence electrons. The van der Waals surface area contributed by atoms with Crippen LogP contribution in [0.3, 0.4) is 0 Å². The highest BCUT2D eigenvalue weighted by Gasteiger charge is 2.25. The lowest BCUT2D eigenvalue weighted by Crippen LogP contribution is -2.48. The van der Waals surface area contributed by atoms with E-state index in [1.807, 2.05) is 46.8 Å². The molecule has 2 aromatic heterocycles. The minimum absolute atomic E-state index is 0.284. The zero-order chi connectivity index (χ0) is 20.2. The molecule has 2 radical (unpaired) electrons. The van der Waals surface area contributed by atoms with Gasteiger partial charge in [-0.2, -0.15) is 5.10 Å². The largest absolute Gasteiger partial charge is 0.458 e. The Bertz CT molecular complexity index is 1110. The third-order valence-electron chi connectivity index (χ3n) is 4.98. The first-order valence-corrected chi connectivity index (χ1v) is 9.44. The van der Waals surface area contributed by atoms with Crippen molar-refractivity contribution in [3.63, 3.8) is 0 Å². The molecule has 0 spiro atoms. The van der Waals surface area contributed by atoms with E-state index >= 15 is 0 Å². The molecule has 0 amide bonds. The smallest absolute Gasteiger partial charge is 0.182 e. The van der Waals surface area contributed by atoms with Gasteiger partial charge in [0.05, 0.1) is 11.9 Å². The molecule has 6 nitrogen and oxygen atoms in total. The van der Waals surface area contributed by atoms with Gasteiger partial charge in [-0.15, -0.1) is 6.42 Å². The molecule has 3 aromatic rings. The average Bonchev–Trinajstić information content (AvgIpc) is 3.13. The number of nitrogens with zero attached hydrogens (tertiary/aromatic N) is 5. The fraction of sp³-hybridized carbons (Fsp3) is 0.227. The van der Waals surface area contributed by atoms with Crippen LogP contribution in [0.5, 0.6) is 5.75 Å². The van der Waals surface area contributed by atoms with E-state index < -0.39 is 0 Å². The quantitative estimate of drug-likeness (QED) is 0.284. The number of ether oxygens (including phenoxy) is 1. The van der Waals surface area contributed by atoms with Crippen molar-refractivity contribution in [3.05, 3.63) is 60.8 Å². The second kappa shape index (κ2) is 8.33. The Balaban J connectivity index is 1.61. The predicted octanol–water partition coefficient (Wildman–Crippen LogP) is 3.12. The summed E-state index contributed by atoms with van der Waals surface area (Å²) in [6, 6.07) is 8.05. The van der Waals surface area contributed by atoms with E-state index in [0.717, 1.165) is 41.0 Å². The Morgan fingerprint density at radius 2 is 2.21 bits per heavy atom. The third kappa shape index (κ3) is 3.93. The number of benzene rings is 1. The highest BCUT2D eigenvalue weighted by Crippen LogP contribution is 2.29. The van der Waals surface area contributed by atoms with Gasteiger partial charge in [-0.3, -0.25) is 0 Å². The van der Waals surface area contributed by atoms with Gasteiger partial charge in [-0.25, -0.2) is 14.6 Å². The van der Waals surface area contributed by atoms with Gasteiger partial charge in [0.15, 0.2) is 13.6 Å². The molecule has 0 bridgehead atoms. The first-order valence-electron chi connectivity index (χ1n) is 9.44. The van der Waals surface area contributed by atoms with Crippen LogP contribution in [0.2, 0.25) is 0 Å². The van der Waals surface area contributed by atoms with Crippen molar-refractivity contribution in [1.29, 1.82) is 0 Å². The fourth-order valence-electron chi connectivity index (χ4n) is 3.25. The van der Waals surface area contributed by atoms with E-state index in [1.165, 1.54) is 0 Å². The van der Waals surface area contributed by atoms with Gasteiger partial charge >= 0.3 is 0 Å². The Morgan fingerprint density at radius 1 is 1.38 bits per heavy atom. The van der Waals surface area contributed by atoms with E-state index in [9.17, 15) is 0 Å². The number of hydrogen-bond acceptors (Lipinski definition) is 5. The number of hydrogen-bond donors (Lipinski definition) is 0. The predicted molar refractivity (Wildman–Crippen MR) is 114 cm³/mol. The Hall–Kier alpha value is -3.37. The fourth-order valence-corrected chi connectivity index (χ4v) is 3.25. The van der Waals surface area contributed by atoms with Crippen LogP contribution in [0, 0.1) is 12.3 Å². The minimum Gasteiger partial charge on any atom is -0.458 e. The first-order chi connectivity index (χ1) is 14.2. The number of allylic oxidation sites excluding steroid dienone is 3. The molecule has 0 saturated carbocycles. The molecule has 29 heavy (non-hydrogen) atoms. The van der Waals surface area contributed by atoms with Crippen LogP contribution in [-0.4, -0.2) is 45.1 Å². The van der Waals surface area contributed by atoms with Gasteiger partial charge in [-0.1, -0.05) is 5.92 Å². The van der Waals surface area contributed by atoms with Crippen LogP contribution >= 0.6 is 0 Å². The summed E-state index contributed by atoms with van der Waals surface area (Å²) in [6.45, 7) is 3.52. The van der Waals surface area contributed by atoms with Gasteiger partial charge in [0, 0.05) is 17.8 Å². The van der Waals surface area contributed by atoms with E-state index in [4.69, 9.17) is 24.2 Å². The van der Waals surface area contributed by atoms with Gasteiger partial charge in [0.25, 0.3) is 0 Å². The van der Waals surface area contributed by atoms with Crippen LogP contribution < -0.4 is 4.74 Å². The van der Waals surface area contributed by atoms with Crippen molar-refractivity contribution < 1.29 is 4.74 Å². The third-order valence-corrected chi connectivity index (χ3v) is 4.98. The van der Waals surface area contributed by atoms with Crippen molar-refractivity contribution in [1.82, 2.24) is 24.6 Å². The van der Waals surface area contributed by atoms with Crippen molar-refractivity contribution in [2.75, 3.05) is 6.54 Å².